The maximum atomic E-state index is 12.3. The Balaban J connectivity index is 1.77. The van der Waals surface area contributed by atoms with E-state index in [1.165, 1.54) is 0 Å². The number of aromatic nitrogens is 3. The lowest BCUT2D eigenvalue weighted by molar-refractivity contribution is 0.0950. The normalized spacial score (nSPS) is 11.5. The fourth-order valence-corrected chi connectivity index (χ4v) is 2.81. The van der Waals surface area contributed by atoms with Gasteiger partial charge in [-0.25, -0.2) is 15.4 Å². The molecule has 2 heterocycles. The van der Waals surface area contributed by atoms with Crippen LogP contribution in [0, 0.1) is 0 Å². The van der Waals surface area contributed by atoms with Crippen LogP contribution in [0.2, 0.25) is 15.2 Å². The van der Waals surface area contributed by atoms with Crippen molar-refractivity contribution >= 4 is 52.1 Å². The van der Waals surface area contributed by atoms with Crippen molar-refractivity contribution in [2.24, 2.45) is 5.10 Å². The summed E-state index contributed by atoms with van der Waals surface area (Å²) < 4.78 is 1.88. The molecule has 0 saturated heterocycles. The summed E-state index contributed by atoms with van der Waals surface area (Å²) in [5, 5.41) is 3.87. The summed E-state index contributed by atoms with van der Waals surface area (Å²) in [5.41, 5.74) is 10.3. The summed E-state index contributed by atoms with van der Waals surface area (Å²) in [5.74, 6) is -0.653. The predicted molar refractivity (Wildman–Crippen MR) is 107 cm³/mol. The van der Waals surface area contributed by atoms with Gasteiger partial charge >= 0.3 is 0 Å². The minimum Gasteiger partial charge on any atom is -0.396 e. The number of halogens is 3. The van der Waals surface area contributed by atoms with E-state index in [4.69, 9.17) is 40.5 Å². The Kier molecular flexibility index (Phi) is 5.65. The lowest BCUT2D eigenvalue weighted by atomic mass is 10.1. The van der Waals surface area contributed by atoms with Crippen LogP contribution < -0.4 is 11.2 Å². The van der Waals surface area contributed by atoms with E-state index < -0.39 is 5.91 Å². The molecule has 27 heavy (non-hydrogen) atoms. The molecule has 3 rings (SSSR count). The van der Waals surface area contributed by atoms with E-state index >= 15 is 0 Å². The van der Waals surface area contributed by atoms with Crippen molar-refractivity contribution in [3.8, 4) is 5.69 Å². The van der Waals surface area contributed by atoms with Gasteiger partial charge in [0.25, 0.3) is 5.91 Å². The van der Waals surface area contributed by atoms with E-state index in [9.17, 15) is 4.79 Å². The standard InChI is InChI=1S/C17H13Cl3N6O/c1-9(10-2-4-11(5-3-10)26-7-6-22-8-26)24-25-17(27)15-12(18)14(21)13(19)16(20)23-15/h2-8H,1H3,(H2,21,23)(H,25,27). The predicted octanol–water partition coefficient (Wildman–Crippen LogP) is 3.96. The second kappa shape index (κ2) is 7.96. The first-order valence-electron chi connectivity index (χ1n) is 7.62. The van der Waals surface area contributed by atoms with Gasteiger partial charge < -0.3 is 10.3 Å². The van der Waals surface area contributed by atoms with Crippen LogP contribution in [-0.2, 0) is 0 Å². The summed E-state index contributed by atoms with van der Waals surface area (Å²) in [6.07, 6.45) is 5.25. The van der Waals surface area contributed by atoms with Gasteiger partial charge in [-0.2, -0.15) is 5.10 Å². The average molecular weight is 424 g/mol. The van der Waals surface area contributed by atoms with E-state index in [-0.39, 0.29) is 26.6 Å². The fourth-order valence-electron chi connectivity index (χ4n) is 2.22. The zero-order chi connectivity index (χ0) is 19.6. The van der Waals surface area contributed by atoms with Crippen molar-refractivity contribution in [2.75, 3.05) is 5.73 Å². The number of hydrogen-bond donors (Lipinski definition) is 2. The number of carbonyl (C=O) groups is 1. The number of hydrogen-bond acceptors (Lipinski definition) is 5. The number of nitrogen functional groups attached to an aromatic ring is 1. The number of anilines is 1. The van der Waals surface area contributed by atoms with Crippen molar-refractivity contribution in [1.29, 1.82) is 0 Å². The highest BCUT2D eigenvalue weighted by atomic mass is 35.5. The molecule has 0 bridgehead atoms. The smallest absolute Gasteiger partial charge is 0.291 e. The van der Waals surface area contributed by atoms with Gasteiger partial charge in [0.2, 0.25) is 0 Å². The number of carbonyl (C=O) groups excluding carboxylic acids is 1. The van der Waals surface area contributed by atoms with Crippen molar-refractivity contribution in [3.63, 3.8) is 0 Å². The minimum absolute atomic E-state index is 0.00381. The van der Waals surface area contributed by atoms with Crippen LogP contribution in [0.1, 0.15) is 23.0 Å². The Morgan fingerprint density at radius 2 is 1.89 bits per heavy atom. The number of amides is 1. The molecule has 1 aromatic carbocycles. The summed E-state index contributed by atoms with van der Waals surface area (Å²) in [7, 11) is 0. The van der Waals surface area contributed by atoms with Gasteiger partial charge in [0.15, 0.2) is 10.8 Å². The van der Waals surface area contributed by atoms with Crippen LogP contribution in [0.4, 0.5) is 5.69 Å². The number of hydrazone groups is 1. The quantitative estimate of drug-likeness (QED) is 0.377. The van der Waals surface area contributed by atoms with E-state index in [1.54, 1.807) is 19.4 Å². The molecule has 0 saturated carbocycles. The van der Waals surface area contributed by atoms with Gasteiger partial charge in [0, 0.05) is 18.1 Å². The van der Waals surface area contributed by atoms with Gasteiger partial charge in [0.05, 0.1) is 22.7 Å². The molecule has 0 fully saturated rings. The highest BCUT2D eigenvalue weighted by Gasteiger charge is 2.19. The third-order valence-electron chi connectivity index (χ3n) is 3.70. The average Bonchev–Trinajstić information content (AvgIpc) is 3.22. The SMILES string of the molecule is CC(=NNC(=O)c1nc(Cl)c(Cl)c(N)c1Cl)c1ccc(-n2ccnc2)cc1. The Bertz CT molecular complexity index is 1020. The summed E-state index contributed by atoms with van der Waals surface area (Å²) >= 11 is 17.7. The molecule has 2 aromatic heterocycles. The zero-order valence-corrected chi connectivity index (χ0v) is 16.2. The molecule has 1 amide bonds. The van der Waals surface area contributed by atoms with Crippen LogP contribution in [0.25, 0.3) is 5.69 Å². The second-order valence-electron chi connectivity index (χ2n) is 5.45. The number of rotatable bonds is 4. The number of benzene rings is 1. The number of nitrogens with one attached hydrogen (secondary N) is 1. The maximum absolute atomic E-state index is 12.3. The van der Waals surface area contributed by atoms with Crippen molar-refractivity contribution in [2.45, 2.75) is 6.92 Å². The van der Waals surface area contributed by atoms with Gasteiger partial charge in [0.1, 0.15) is 5.02 Å². The highest BCUT2D eigenvalue weighted by molar-refractivity contribution is 6.46. The molecule has 0 spiro atoms. The molecule has 10 heteroatoms. The van der Waals surface area contributed by atoms with Gasteiger partial charge in [-0.3, -0.25) is 4.79 Å². The number of pyridine rings is 1. The first-order chi connectivity index (χ1) is 12.9. The van der Waals surface area contributed by atoms with Gasteiger partial charge in [-0.15, -0.1) is 0 Å². The topological polar surface area (TPSA) is 98.2 Å². The summed E-state index contributed by atoms with van der Waals surface area (Å²) in [4.78, 5) is 20.2. The number of nitrogens with zero attached hydrogens (tertiary/aromatic N) is 4. The molecule has 3 N–H and O–H groups in total. The van der Waals surface area contributed by atoms with Crippen LogP contribution in [-0.4, -0.2) is 26.2 Å². The fraction of sp³-hybridized carbons (Fsp3) is 0.0588. The molecule has 0 aliphatic carbocycles. The van der Waals surface area contributed by atoms with E-state index in [2.05, 4.69) is 20.5 Å². The van der Waals surface area contributed by atoms with Gasteiger partial charge in [-0.1, -0.05) is 46.9 Å². The van der Waals surface area contributed by atoms with Crippen LogP contribution in [0.3, 0.4) is 0 Å². The Morgan fingerprint density at radius 3 is 2.52 bits per heavy atom. The van der Waals surface area contributed by atoms with Gasteiger partial charge in [-0.05, 0) is 24.6 Å². The number of imidazole rings is 1. The molecule has 0 unspecified atom stereocenters. The Labute approximate surface area is 169 Å². The van der Waals surface area contributed by atoms with Crippen LogP contribution >= 0.6 is 34.8 Å². The third kappa shape index (κ3) is 4.05. The second-order valence-corrected chi connectivity index (χ2v) is 6.56. The van der Waals surface area contributed by atoms with Crippen LogP contribution in [0.5, 0.6) is 0 Å². The molecule has 138 valence electrons. The lowest BCUT2D eigenvalue weighted by Gasteiger charge is -2.08. The molecule has 0 atom stereocenters. The highest BCUT2D eigenvalue weighted by Crippen LogP contribution is 2.34. The summed E-state index contributed by atoms with van der Waals surface area (Å²) in [6, 6.07) is 7.58. The zero-order valence-electron chi connectivity index (χ0n) is 13.9. The van der Waals surface area contributed by atoms with E-state index in [1.807, 2.05) is 35.0 Å². The monoisotopic (exact) mass is 422 g/mol. The molecule has 7 nitrogen and oxygen atoms in total. The first kappa shape index (κ1) is 19.2. The molecule has 0 aliphatic rings. The minimum atomic E-state index is -0.653. The third-order valence-corrected chi connectivity index (χ3v) is 4.84. The Hall–Kier alpha value is -2.61. The first-order valence-corrected chi connectivity index (χ1v) is 8.75. The Morgan fingerprint density at radius 1 is 1.19 bits per heavy atom. The van der Waals surface area contributed by atoms with Crippen LogP contribution in [0.15, 0.2) is 48.1 Å². The number of nitrogens with two attached hydrogens (primary N) is 1. The molecular formula is C17H13Cl3N6O. The molecular weight excluding hydrogens is 411 g/mol. The largest absolute Gasteiger partial charge is 0.396 e. The van der Waals surface area contributed by atoms with E-state index in [0.717, 1.165) is 11.3 Å². The summed E-state index contributed by atoms with van der Waals surface area (Å²) in [6.45, 7) is 1.75. The van der Waals surface area contributed by atoms with Crippen molar-refractivity contribution in [1.82, 2.24) is 20.0 Å². The maximum Gasteiger partial charge on any atom is 0.291 e. The van der Waals surface area contributed by atoms with Crippen molar-refractivity contribution in [3.05, 3.63) is 69.4 Å². The molecule has 0 aliphatic heterocycles. The molecule has 3 aromatic rings. The lowest BCUT2D eigenvalue weighted by Crippen LogP contribution is -2.21. The van der Waals surface area contributed by atoms with Crippen molar-refractivity contribution < 1.29 is 4.79 Å². The molecule has 0 radical (unpaired) electrons. The van der Waals surface area contributed by atoms with E-state index in [0.29, 0.717) is 5.71 Å².